The van der Waals surface area contributed by atoms with Gasteiger partial charge < -0.3 is 0 Å². The van der Waals surface area contributed by atoms with E-state index in [0.29, 0.717) is 0 Å². The van der Waals surface area contributed by atoms with Crippen LogP contribution in [0.1, 0.15) is 69.2 Å². The lowest BCUT2D eigenvalue weighted by Gasteiger charge is -2.33. The summed E-state index contributed by atoms with van der Waals surface area (Å²) in [7, 11) is 0. The first kappa shape index (κ1) is 15.5. The van der Waals surface area contributed by atoms with Crippen LogP contribution in [0.25, 0.3) is 0 Å². The van der Waals surface area contributed by atoms with E-state index in [9.17, 15) is 0 Å². The van der Waals surface area contributed by atoms with Gasteiger partial charge in [0.2, 0.25) is 0 Å². The van der Waals surface area contributed by atoms with Crippen LogP contribution in [0.15, 0.2) is 22.3 Å². The molecule has 16 heavy (non-hydrogen) atoms. The highest BCUT2D eigenvalue weighted by molar-refractivity contribution is 5.41. The van der Waals surface area contributed by atoms with Crippen LogP contribution in [0.5, 0.6) is 0 Å². The van der Waals surface area contributed by atoms with Crippen LogP contribution in [-0.4, -0.2) is 0 Å². The first-order chi connectivity index (χ1) is 6.89. The van der Waals surface area contributed by atoms with Crippen molar-refractivity contribution in [3.63, 3.8) is 0 Å². The van der Waals surface area contributed by atoms with Crippen molar-refractivity contribution in [2.75, 3.05) is 0 Å². The lowest BCUT2D eigenvalue weighted by Crippen LogP contribution is -2.19. The SMILES string of the molecule is CC(C)=C(C)/C(=C(\C)C(C)(C)C)C(C)(C)C. The van der Waals surface area contributed by atoms with E-state index in [1.165, 1.54) is 22.3 Å². The van der Waals surface area contributed by atoms with E-state index >= 15 is 0 Å². The van der Waals surface area contributed by atoms with Crippen LogP contribution in [0, 0.1) is 10.8 Å². The molecule has 0 aromatic rings. The van der Waals surface area contributed by atoms with E-state index in [1.54, 1.807) is 0 Å². The maximum atomic E-state index is 2.31. The summed E-state index contributed by atoms with van der Waals surface area (Å²) in [6, 6.07) is 0. The molecular formula is C16H30. The van der Waals surface area contributed by atoms with Gasteiger partial charge in [0.1, 0.15) is 0 Å². The van der Waals surface area contributed by atoms with Gasteiger partial charge in [-0.25, -0.2) is 0 Å². The van der Waals surface area contributed by atoms with Crippen molar-refractivity contribution >= 4 is 0 Å². The van der Waals surface area contributed by atoms with Gasteiger partial charge in [-0.1, -0.05) is 52.7 Å². The monoisotopic (exact) mass is 222 g/mol. The second kappa shape index (κ2) is 4.77. The Bertz CT molecular complexity index is 307. The Morgan fingerprint density at radius 3 is 1.19 bits per heavy atom. The van der Waals surface area contributed by atoms with Crippen LogP contribution >= 0.6 is 0 Å². The summed E-state index contributed by atoms with van der Waals surface area (Å²) in [5.41, 5.74) is 6.39. The molecule has 0 saturated carbocycles. The molecule has 0 rings (SSSR count). The minimum Gasteiger partial charge on any atom is -0.0732 e. The topological polar surface area (TPSA) is 0 Å². The molecule has 0 aliphatic carbocycles. The molecule has 0 heterocycles. The predicted molar refractivity (Wildman–Crippen MR) is 75.7 cm³/mol. The van der Waals surface area contributed by atoms with Crippen molar-refractivity contribution in [1.29, 1.82) is 0 Å². The summed E-state index contributed by atoms with van der Waals surface area (Å²) < 4.78 is 0. The van der Waals surface area contributed by atoms with Crippen LogP contribution in [-0.2, 0) is 0 Å². The van der Waals surface area contributed by atoms with Crippen LogP contribution in [0.4, 0.5) is 0 Å². The first-order valence-electron chi connectivity index (χ1n) is 6.25. The molecule has 0 saturated heterocycles. The highest BCUT2D eigenvalue weighted by Crippen LogP contribution is 2.40. The molecule has 0 radical (unpaired) electrons. The molecule has 0 fully saturated rings. The minimum atomic E-state index is 0.221. The quantitative estimate of drug-likeness (QED) is 0.495. The fourth-order valence-electron chi connectivity index (χ4n) is 2.03. The normalized spacial score (nSPS) is 14.6. The van der Waals surface area contributed by atoms with Crippen molar-refractivity contribution in [2.24, 2.45) is 10.8 Å². The van der Waals surface area contributed by atoms with Crippen LogP contribution in [0.2, 0.25) is 0 Å². The molecule has 0 spiro atoms. The van der Waals surface area contributed by atoms with Gasteiger partial charge in [0.25, 0.3) is 0 Å². The third kappa shape index (κ3) is 3.81. The fourth-order valence-corrected chi connectivity index (χ4v) is 2.03. The zero-order valence-electron chi connectivity index (χ0n) is 13.0. The Labute approximate surface area is 103 Å². The number of hydrogen-bond donors (Lipinski definition) is 0. The first-order valence-corrected chi connectivity index (χ1v) is 6.25. The molecule has 0 atom stereocenters. The van der Waals surface area contributed by atoms with E-state index in [2.05, 4.69) is 69.2 Å². The van der Waals surface area contributed by atoms with E-state index in [0.717, 1.165) is 0 Å². The molecule has 0 heteroatoms. The van der Waals surface area contributed by atoms with Gasteiger partial charge in [-0.3, -0.25) is 0 Å². The molecule has 0 aliphatic rings. The second-order valence-electron chi connectivity index (χ2n) is 7.12. The molecule has 0 bridgehead atoms. The minimum absolute atomic E-state index is 0.221. The lowest BCUT2D eigenvalue weighted by atomic mass is 9.72. The van der Waals surface area contributed by atoms with Gasteiger partial charge in [0.15, 0.2) is 0 Å². The van der Waals surface area contributed by atoms with E-state index in [-0.39, 0.29) is 10.8 Å². The zero-order chi connectivity index (χ0) is 13.3. The molecule has 0 aliphatic heterocycles. The van der Waals surface area contributed by atoms with E-state index in [4.69, 9.17) is 0 Å². The molecular weight excluding hydrogens is 192 g/mol. The van der Waals surface area contributed by atoms with Crippen molar-refractivity contribution < 1.29 is 0 Å². The summed E-state index contributed by atoms with van der Waals surface area (Å²) >= 11 is 0. The van der Waals surface area contributed by atoms with Crippen molar-refractivity contribution in [3.8, 4) is 0 Å². The Hall–Kier alpha value is -0.520. The standard InChI is InChI=1S/C16H30/c1-11(2)12(3)14(16(8,9)10)13(4)15(5,6)7/h1-10H3/b14-13-. The highest BCUT2D eigenvalue weighted by Gasteiger charge is 2.26. The third-order valence-corrected chi connectivity index (χ3v) is 3.38. The summed E-state index contributed by atoms with van der Waals surface area (Å²) in [6.45, 7) is 22.8. The summed E-state index contributed by atoms with van der Waals surface area (Å²) in [4.78, 5) is 0. The van der Waals surface area contributed by atoms with Gasteiger partial charge in [-0.2, -0.15) is 0 Å². The van der Waals surface area contributed by atoms with Crippen molar-refractivity contribution in [2.45, 2.75) is 69.2 Å². The van der Waals surface area contributed by atoms with Crippen molar-refractivity contribution in [1.82, 2.24) is 0 Å². The molecule has 0 N–H and O–H groups in total. The molecule has 0 aromatic carbocycles. The maximum absolute atomic E-state index is 2.31. The Kier molecular flexibility index (Phi) is 4.62. The fraction of sp³-hybridized carbons (Fsp3) is 0.750. The molecule has 0 unspecified atom stereocenters. The van der Waals surface area contributed by atoms with Crippen molar-refractivity contribution in [3.05, 3.63) is 22.3 Å². The summed E-state index contributed by atoms with van der Waals surface area (Å²) in [5, 5.41) is 0. The number of hydrogen-bond acceptors (Lipinski definition) is 0. The third-order valence-electron chi connectivity index (χ3n) is 3.38. The molecule has 0 aromatic heterocycles. The lowest BCUT2D eigenvalue weighted by molar-refractivity contribution is 0.449. The van der Waals surface area contributed by atoms with E-state index in [1.807, 2.05) is 0 Å². The largest absolute Gasteiger partial charge is 0.0732 e. The zero-order valence-corrected chi connectivity index (χ0v) is 13.0. The number of rotatable bonds is 1. The second-order valence-corrected chi connectivity index (χ2v) is 7.12. The molecule has 0 amide bonds. The predicted octanol–water partition coefficient (Wildman–Crippen LogP) is 5.75. The average Bonchev–Trinajstić information content (AvgIpc) is 1.99. The number of allylic oxidation sites excluding steroid dienone is 4. The van der Waals surface area contributed by atoms with Crippen LogP contribution < -0.4 is 0 Å². The molecule has 0 nitrogen and oxygen atoms in total. The highest BCUT2D eigenvalue weighted by atomic mass is 14.3. The molecule has 94 valence electrons. The summed E-state index contributed by atoms with van der Waals surface area (Å²) in [5.74, 6) is 0. The smallest absolute Gasteiger partial charge is 0.0130 e. The Morgan fingerprint density at radius 2 is 1.00 bits per heavy atom. The maximum Gasteiger partial charge on any atom is -0.0130 e. The summed E-state index contributed by atoms with van der Waals surface area (Å²) in [6.07, 6.45) is 0. The Morgan fingerprint density at radius 1 is 0.625 bits per heavy atom. The van der Waals surface area contributed by atoms with Gasteiger partial charge in [-0.15, -0.1) is 0 Å². The Balaban J connectivity index is 5.93. The van der Waals surface area contributed by atoms with Gasteiger partial charge in [0.05, 0.1) is 0 Å². The van der Waals surface area contributed by atoms with Gasteiger partial charge in [-0.05, 0) is 49.7 Å². The average molecular weight is 222 g/mol. The van der Waals surface area contributed by atoms with Gasteiger partial charge in [0, 0.05) is 0 Å². The van der Waals surface area contributed by atoms with Gasteiger partial charge >= 0.3 is 0 Å². The van der Waals surface area contributed by atoms with E-state index < -0.39 is 0 Å². The van der Waals surface area contributed by atoms with Crippen LogP contribution in [0.3, 0.4) is 0 Å².